The summed E-state index contributed by atoms with van der Waals surface area (Å²) in [4.78, 5) is 11.4. The summed E-state index contributed by atoms with van der Waals surface area (Å²) in [6, 6.07) is -0.121. The van der Waals surface area contributed by atoms with Crippen molar-refractivity contribution in [2.45, 2.75) is 38.5 Å². The maximum Gasteiger partial charge on any atom is 0.408 e. The molecule has 1 heterocycles. The summed E-state index contributed by atoms with van der Waals surface area (Å²) in [7, 11) is 1.59. The molecule has 0 saturated carbocycles. The number of alkyl carbamates (subject to hydrolysis) is 1. The molecular formula is C10H19NO4. The zero-order valence-corrected chi connectivity index (χ0v) is 9.70. The fourth-order valence-corrected chi connectivity index (χ4v) is 1.17. The van der Waals surface area contributed by atoms with Crippen molar-refractivity contribution in [3.8, 4) is 0 Å². The Morgan fingerprint density at radius 1 is 1.60 bits per heavy atom. The molecule has 0 spiro atoms. The number of hydrogen-bond donors (Lipinski definition) is 1. The van der Waals surface area contributed by atoms with Crippen molar-refractivity contribution < 1.29 is 19.0 Å². The Kier molecular flexibility index (Phi) is 3.93. The van der Waals surface area contributed by atoms with Crippen LogP contribution in [-0.2, 0) is 14.2 Å². The summed E-state index contributed by atoms with van der Waals surface area (Å²) >= 11 is 0. The van der Waals surface area contributed by atoms with E-state index < -0.39 is 11.7 Å². The molecule has 1 amide bonds. The Morgan fingerprint density at radius 3 is 2.60 bits per heavy atom. The van der Waals surface area contributed by atoms with Crippen molar-refractivity contribution in [3.05, 3.63) is 0 Å². The lowest BCUT2D eigenvalue weighted by molar-refractivity contribution is 0.0452. The molecule has 1 aliphatic rings. The van der Waals surface area contributed by atoms with Gasteiger partial charge in [-0.05, 0) is 20.8 Å². The molecule has 0 aromatic rings. The van der Waals surface area contributed by atoms with Crippen molar-refractivity contribution in [1.29, 1.82) is 0 Å². The second-order valence-electron chi connectivity index (χ2n) is 4.58. The molecule has 0 aliphatic carbocycles. The molecule has 1 rings (SSSR count). The number of methoxy groups -OCH3 is 1. The van der Waals surface area contributed by atoms with Crippen LogP contribution >= 0.6 is 0 Å². The summed E-state index contributed by atoms with van der Waals surface area (Å²) in [5, 5.41) is 2.73. The fraction of sp³-hybridized carbons (Fsp3) is 0.900. The van der Waals surface area contributed by atoms with E-state index in [0.29, 0.717) is 13.2 Å². The predicted octanol–water partition coefficient (Wildman–Crippen LogP) is 0.925. The first-order chi connectivity index (χ1) is 6.92. The van der Waals surface area contributed by atoms with Gasteiger partial charge in [0.25, 0.3) is 0 Å². The lowest BCUT2D eigenvalue weighted by Gasteiger charge is -2.22. The van der Waals surface area contributed by atoms with Gasteiger partial charge in [0.1, 0.15) is 11.7 Å². The van der Waals surface area contributed by atoms with Gasteiger partial charge in [0.05, 0.1) is 19.3 Å². The van der Waals surface area contributed by atoms with Crippen LogP contribution in [0.4, 0.5) is 4.79 Å². The van der Waals surface area contributed by atoms with E-state index in [1.807, 2.05) is 20.8 Å². The van der Waals surface area contributed by atoms with Crippen LogP contribution in [0.1, 0.15) is 20.8 Å². The molecule has 2 unspecified atom stereocenters. The topological polar surface area (TPSA) is 60.1 Å². The number of carbonyl (C=O) groups excluding carboxylic acids is 1. The van der Waals surface area contributed by atoms with Gasteiger partial charge in [-0.25, -0.2) is 4.79 Å². The normalized spacial score (nSPS) is 22.0. The van der Waals surface area contributed by atoms with E-state index in [1.165, 1.54) is 0 Å². The summed E-state index contributed by atoms with van der Waals surface area (Å²) in [5.41, 5.74) is -0.480. The quantitative estimate of drug-likeness (QED) is 0.711. The number of ether oxygens (including phenoxy) is 3. The van der Waals surface area contributed by atoms with Gasteiger partial charge in [0, 0.05) is 7.11 Å². The second kappa shape index (κ2) is 4.81. The molecule has 0 aromatic carbocycles. The van der Waals surface area contributed by atoms with Gasteiger partial charge >= 0.3 is 6.09 Å². The number of amides is 1. The highest BCUT2D eigenvalue weighted by Crippen LogP contribution is 2.15. The second-order valence-corrected chi connectivity index (χ2v) is 4.58. The van der Waals surface area contributed by atoms with Gasteiger partial charge in [-0.2, -0.15) is 0 Å². The molecule has 5 nitrogen and oxygen atoms in total. The van der Waals surface area contributed by atoms with Gasteiger partial charge in [-0.15, -0.1) is 0 Å². The van der Waals surface area contributed by atoms with Crippen LogP contribution in [0.3, 0.4) is 0 Å². The third-order valence-electron chi connectivity index (χ3n) is 1.86. The summed E-state index contributed by atoms with van der Waals surface area (Å²) in [6.45, 7) is 6.58. The first-order valence-electron chi connectivity index (χ1n) is 5.02. The standard InChI is InChI=1S/C10H19NO4/c1-10(2,3)15-9(12)11-7(5-13-4)8-6-14-8/h7-8H,5-6H2,1-4H3,(H,11,12). The Labute approximate surface area is 90.1 Å². The molecule has 0 radical (unpaired) electrons. The molecule has 1 N–H and O–H groups in total. The predicted molar refractivity (Wildman–Crippen MR) is 54.8 cm³/mol. The maximum absolute atomic E-state index is 11.4. The first-order valence-corrected chi connectivity index (χ1v) is 5.02. The molecule has 15 heavy (non-hydrogen) atoms. The summed E-state index contributed by atoms with van der Waals surface area (Å²) in [5.74, 6) is 0. The van der Waals surface area contributed by atoms with Crippen LogP contribution in [0.2, 0.25) is 0 Å². The largest absolute Gasteiger partial charge is 0.444 e. The lowest BCUT2D eigenvalue weighted by Crippen LogP contribution is -2.44. The first kappa shape index (κ1) is 12.3. The molecule has 2 atom stereocenters. The Morgan fingerprint density at radius 2 is 2.20 bits per heavy atom. The molecule has 1 aliphatic heterocycles. The Balaban J connectivity index is 2.33. The number of nitrogens with one attached hydrogen (secondary N) is 1. The van der Waals surface area contributed by atoms with Crippen LogP contribution < -0.4 is 5.32 Å². The zero-order chi connectivity index (χ0) is 11.5. The Hall–Kier alpha value is -0.810. The van der Waals surface area contributed by atoms with Gasteiger partial charge in [-0.1, -0.05) is 0 Å². The third kappa shape index (κ3) is 4.99. The zero-order valence-electron chi connectivity index (χ0n) is 9.70. The highest BCUT2D eigenvalue weighted by molar-refractivity contribution is 5.68. The molecular weight excluding hydrogens is 198 g/mol. The maximum atomic E-state index is 11.4. The van der Waals surface area contributed by atoms with E-state index in [0.717, 1.165) is 0 Å². The SMILES string of the molecule is COCC(NC(=O)OC(C)(C)C)C1CO1. The van der Waals surface area contributed by atoms with E-state index in [9.17, 15) is 4.79 Å². The molecule has 0 aromatic heterocycles. The van der Waals surface area contributed by atoms with E-state index in [1.54, 1.807) is 7.11 Å². The van der Waals surface area contributed by atoms with Crippen molar-refractivity contribution in [2.24, 2.45) is 0 Å². The number of hydrogen-bond acceptors (Lipinski definition) is 4. The molecule has 5 heteroatoms. The number of epoxide rings is 1. The van der Waals surface area contributed by atoms with Gasteiger partial charge in [-0.3, -0.25) is 0 Å². The number of rotatable bonds is 4. The van der Waals surface area contributed by atoms with E-state index >= 15 is 0 Å². The minimum atomic E-state index is -0.480. The van der Waals surface area contributed by atoms with Crippen LogP contribution in [0.5, 0.6) is 0 Å². The van der Waals surface area contributed by atoms with E-state index in [-0.39, 0.29) is 12.1 Å². The Bertz CT molecular complexity index is 220. The van der Waals surface area contributed by atoms with Crippen LogP contribution in [0.25, 0.3) is 0 Å². The summed E-state index contributed by atoms with van der Waals surface area (Å²) < 4.78 is 15.2. The highest BCUT2D eigenvalue weighted by Gasteiger charge is 2.34. The minimum absolute atomic E-state index is 0.0671. The van der Waals surface area contributed by atoms with Gasteiger partial charge in [0.15, 0.2) is 0 Å². The third-order valence-corrected chi connectivity index (χ3v) is 1.86. The monoisotopic (exact) mass is 217 g/mol. The van der Waals surface area contributed by atoms with Crippen LogP contribution in [-0.4, -0.2) is 44.2 Å². The molecule has 0 bridgehead atoms. The number of carbonyl (C=O) groups is 1. The van der Waals surface area contributed by atoms with E-state index in [2.05, 4.69) is 5.32 Å². The van der Waals surface area contributed by atoms with Crippen molar-refractivity contribution >= 4 is 6.09 Å². The average molecular weight is 217 g/mol. The smallest absolute Gasteiger partial charge is 0.408 e. The fourth-order valence-electron chi connectivity index (χ4n) is 1.17. The summed E-state index contributed by atoms with van der Waals surface area (Å²) in [6.07, 6.45) is -0.363. The molecule has 1 saturated heterocycles. The van der Waals surface area contributed by atoms with Crippen LogP contribution in [0.15, 0.2) is 0 Å². The van der Waals surface area contributed by atoms with Crippen molar-refractivity contribution in [1.82, 2.24) is 5.32 Å². The minimum Gasteiger partial charge on any atom is -0.444 e. The van der Waals surface area contributed by atoms with Crippen molar-refractivity contribution in [3.63, 3.8) is 0 Å². The van der Waals surface area contributed by atoms with Gasteiger partial charge in [0.2, 0.25) is 0 Å². The average Bonchev–Trinajstić information content (AvgIpc) is 2.81. The van der Waals surface area contributed by atoms with Crippen molar-refractivity contribution in [2.75, 3.05) is 20.3 Å². The molecule has 1 fully saturated rings. The lowest BCUT2D eigenvalue weighted by atomic mass is 10.2. The highest BCUT2D eigenvalue weighted by atomic mass is 16.6. The van der Waals surface area contributed by atoms with E-state index in [4.69, 9.17) is 14.2 Å². The van der Waals surface area contributed by atoms with Crippen LogP contribution in [0, 0.1) is 0 Å². The molecule has 88 valence electrons. The van der Waals surface area contributed by atoms with Gasteiger partial charge < -0.3 is 19.5 Å².